The number of carbonyl (C=O) groups is 3. The molecule has 198 valence electrons. The van der Waals surface area contributed by atoms with Gasteiger partial charge in [0, 0.05) is 11.5 Å². The minimum absolute atomic E-state index is 0.0261. The lowest BCUT2D eigenvalue weighted by atomic mass is 10.0. The third-order valence-electron chi connectivity index (χ3n) is 5.88. The summed E-state index contributed by atoms with van der Waals surface area (Å²) in [5.74, 6) is -0.150. The standard InChI is InChI=1S/C25H24N4O6S3/c1-12-6-13(2)8-17(7-12)34-9-16-4-5-18(35-16)21(30)26-19-22(31)29-20(24(32)33)15(10-36-23(19)29)11-37-25-28-27-14(3)38-25/h4-8,19,23H,9-11H2,1-3H3,(H,26,30)(H,32,33)/t19-,23+/m1/s1. The number of ether oxygens (including phenoxy) is 1. The summed E-state index contributed by atoms with van der Waals surface area (Å²) >= 11 is 4.24. The normalized spacial score (nSPS) is 18.7. The van der Waals surface area contributed by atoms with Crippen molar-refractivity contribution in [1.29, 1.82) is 0 Å². The number of benzene rings is 1. The molecule has 2 aromatic heterocycles. The number of amides is 2. The number of nitrogens with zero attached hydrogens (tertiary/aromatic N) is 3. The molecule has 1 saturated heterocycles. The second-order valence-corrected chi connectivity index (χ2v) is 12.4. The van der Waals surface area contributed by atoms with Crippen LogP contribution in [0.5, 0.6) is 5.75 Å². The Hall–Kier alpha value is -3.29. The highest BCUT2D eigenvalue weighted by atomic mass is 32.2. The molecule has 2 N–H and O–H groups in total. The zero-order valence-electron chi connectivity index (χ0n) is 20.7. The molecule has 13 heteroatoms. The number of aromatic nitrogens is 2. The van der Waals surface area contributed by atoms with Crippen molar-refractivity contribution in [3.05, 3.63) is 69.3 Å². The van der Waals surface area contributed by atoms with E-state index in [1.165, 1.54) is 45.8 Å². The van der Waals surface area contributed by atoms with E-state index in [4.69, 9.17) is 9.15 Å². The molecule has 38 heavy (non-hydrogen) atoms. The molecule has 2 amide bonds. The summed E-state index contributed by atoms with van der Waals surface area (Å²) in [6.45, 7) is 5.97. The largest absolute Gasteiger partial charge is 0.486 e. The minimum atomic E-state index is -1.17. The van der Waals surface area contributed by atoms with E-state index < -0.39 is 29.2 Å². The van der Waals surface area contributed by atoms with Gasteiger partial charge in [-0.05, 0) is 61.7 Å². The van der Waals surface area contributed by atoms with Crippen molar-refractivity contribution in [2.75, 3.05) is 11.5 Å². The van der Waals surface area contributed by atoms with Gasteiger partial charge < -0.3 is 19.6 Å². The molecule has 2 aliphatic heterocycles. The zero-order chi connectivity index (χ0) is 27.0. The van der Waals surface area contributed by atoms with Crippen molar-refractivity contribution >= 4 is 52.6 Å². The van der Waals surface area contributed by atoms with Crippen LogP contribution in [0.3, 0.4) is 0 Å². The summed E-state index contributed by atoms with van der Waals surface area (Å²) in [6, 6.07) is 8.21. The fraction of sp³-hybridized carbons (Fsp3) is 0.320. The Morgan fingerprint density at radius 2 is 1.97 bits per heavy atom. The maximum atomic E-state index is 12.9. The predicted molar refractivity (Wildman–Crippen MR) is 143 cm³/mol. The highest BCUT2D eigenvalue weighted by Crippen LogP contribution is 2.42. The van der Waals surface area contributed by atoms with Gasteiger partial charge in [-0.2, -0.15) is 0 Å². The number of β-lactam (4-membered cyclic amide) rings is 1. The lowest BCUT2D eigenvalue weighted by Gasteiger charge is -2.49. The van der Waals surface area contributed by atoms with Gasteiger partial charge in [0.15, 0.2) is 10.1 Å². The van der Waals surface area contributed by atoms with E-state index >= 15 is 0 Å². The van der Waals surface area contributed by atoms with Crippen LogP contribution >= 0.6 is 34.9 Å². The van der Waals surface area contributed by atoms with Crippen LogP contribution in [0.25, 0.3) is 0 Å². The summed E-state index contributed by atoms with van der Waals surface area (Å²) in [7, 11) is 0. The third-order valence-corrected chi connectivity index (χ3v) is 9.27. The number of aryl methyl sites for hydroxylation is 3. The number of furan rings is 1. The van der Waals surface area contributed by atoms with E-state index in [0.29, 0.717) is 28.6 Å². The number of nitrogens with one attached hydrogen (secondary N) is 1. The van der Waals surface area contributed by atoms with Crippen LogP contribution in [0.1, 0.15) is 32.4 Å². The average molecular weight is 573 g/mol. The van der Waals surface area contributed by atoms with Crippen LogP contribution in [0.15, 0.2) is 50.4 Å². The predicted octanol–water partition coefficient (Wildman–Crippen LogP) is 3.78. The lowest BCUT2D eigenvalue weighted by Crippen LogP contribution is -2.70. The number of carboxylic acids is 1. The third kappa shape index (κ3) is 5.45. The van der Waals surface area contributed by atoms with E-state index in [0.717, 1.165) is 20.5 Å². The molecule has 0 unspecified atom stereocenters. The number of carboxylic acid groups (broad SMARTS) is 1. The first-order chi connectivity index (χ1) is 18.2. The molecular weight excluding hydrogens is 548 g/mol. The molecule has 10 nitrogen and oxygen atoms in total. The van der Waals surface area contributed by atoms with Crippen LogP contribution in [-0.2, 0) is 16.2 Å². The fourth-order valence-corrected chi connectivity index (χ4v) is 7.54. The van der Waals surface area contributed by atoms with Crippen molar-refractivity contribution in [1.82, 2.24) is 20.4 Å². The quantitative estimate of drug-likeness (QED) is 0.288. The molecule has 0 spiro atoms. The number of rotatable bonds is 9. The zero-order valence-corrected chi connectivity index (χ0v) is 23.2. The number of hydrogen-bond acceptors (Lipinski definition) is 10. The van der Waals surface area contributed by atoms with Crippen molar-refractivity contribution in [3.63, 3.8) is 0 Å². The van der Waals surface area contributed by atoms with Crippen LogP contribution < -0.4 is 10.1 Å². The SMILES string of the molecule is Cc1cc(C)cc(OCc2ccc(C(=O)N[C@@H]3C(=O)N4C(C(=O)O)=C(CSc5nnc(C)s5)CS[C@@H]34)o2)c1. The molecule has 0 bridgehead atoms. The Labute approximate surface area is 230 Å². The van der Waals surface area contributed by atoms with E-state index in [-0.39, 0.29) is 18.1 Å². The molecule has 2 atom stereocenters. The van der Waals surface area contributed by atoms with Crippen LogP contribution in [-0.4, -0.2) is 60.9 Å². The molecule has 0 saturated carbocycles. The fourth-order valence-electron chi connectivity index (χ4n) is 4.24. The molecule has 4 heterocycles. The monoisotopic (exact) mass is 572 g/mol. The Kier molecular flexibility index (Phi) is 7.50. The molecule has 1 aromatic carbocycles. The number of thioether (sulfide) groups is 2. The van der Waals surface area contributed by atoms with Gasteiger partial charge in [-0.1, -0.05) is 29.2 Å². The number of aliphatic carboxylic acids is 1. The van der Waals surface area contributed by atoms with Gasteiger partial charge in [0.2, 0.25) is 0 Å². The van der Waals surface area contributed by atoms with E-state index in [1.807, 2.05) is 39.0 Å². The van der Waals surface area contributed by atoms with Gasteiger partial charge in [0.05, 0.1) is 0 Å². The van der Waals surface area contributed by atoms with E-state index in [9.17, 15) is 19.5 Å². The molecule has 0 aliphatic carbocycles. The van der Waals surface area contributed by atoms with Crippen molar-refractivity contribution in [2.45, 2.75) is 43.1 Å². The molecule has 0 radical (unpaired) electrons. The molecule has 2 aliphatic rings. The topological polar surface area (TPSA) is 135 Å². The van der Waals surface area contributed by atoms with E-state index in [1.54, 1.807) is 6.07 Å². The summed E-state index contributed by atoms with van der Waals surface area (Å²) in [6.07, 6.45) is 0. The molecule has 3 aromatic rings. The van der Waals surface area contributed by atoms with Crippen molar-refractivity contribution in [3.8, 4) is 5.75 Å². The number of hydrogen-bond donors (Lipinski definition) is 2. The number of fused-ring (bicyclic) bond motifs is 1. The van der Waals surface area contributed by atoms with Crippen LogP contribution in [0, 0.1) is 20.8 Å². The number of carbonyl (C=O) groups excluding carboxylic acids is 2. The van der Waals surface area contributed by atoms with Gasteiger partial charge in [-0.3, -0.25) is 14.5 Å². The van der Waals surface area contributed by atoms with Crippen LogP contribution in [0.2, 0.25) is 0 Å². The van der Waals surface area contributed by atoms with E-state index in [2.05, 4.69) is 15.5 Å². The Morgan fingerprint density at radius 1 is 1.21 bits per heavy atom. The average Bonchev–Trinajstić information content (AvgIpc) is 3.52. The minimum Gasteiger partial charge on any atom is -0.486 e. The van der Waals surface area contributed by atoms with Crippen molar-refractivity contribution < 1.29 is 28.6 Å². The first-order valence-corrected chi connectivity index (χ1v) is 14.5. The summed E-state index contributed by atoms with van der Waals surface area (Å²) in [4.78, 5) is 39.1. The summed E-state index contributed by atoms with van der Waals surface area (Å²) in [5.41, 5.74) is 2.77. The van der Waals surface area contributed by atoms with Gasteiger partial charge >= 0.3 is 5.97 Å². The maximum absolute atomic E-state index is 12.9. The smallest absolute Gasteiger partial charge is 0.352 e. The maximum Gasteiger partial charge on any atom is 0.352 e. The Morgan fingerprint density at radius 3 is 2.66 bits per heavy atom. The Balaban J connectivity index is 1.20. The summed E-state index contributed by atoms with van der Waals surface area (Å²) in [5, 5.41) is 20.9. The van der Waals surface area contributed by atoms with Gasteiger partial charge in [0.1, 0.15) is 40.2 Å². The van der Waals surface area contributed by atoms with Crippen LogP contribution in [0.4, 0.5) is 0 Å². The van der Waals surface area contributed by atoms with Gasteiger partial charge in [-0.25, -0.2) is 4.79 Å². The van der Waals surface area contributed by atoms with Gasteiger partial charge in [-0.15, -0.1) is 22.0 Å². The molecule has 5 rings (SSSR count). The molecular formula is C25H24N4O6S3. The highest BCUT2D eigenvalue weighted by Gasteiger charge is 2.54. The summed E-state index contributed by atoms with van der Waals surface area (Å²) < 4.78 is 12.2. The second-order valence-electron chi connectivity index (χ2n) is 8.87. The second kappa shape index (κ2) is 10.8. The first-order valence-electron chi connectivity index (χ1n) is 11.6. The highest BCUT2D eigenvalue weighted by molar-refractivity contribution is 8.01. The first kappa shape index (κ1) is 26.3. The van der Waals surface area contributed by atoms with Crippen molar-refractivity contribution in [2.24, 2.45) is 0 Å². The van der Waals surface area contributed by atoms with Gasteiger partial charge in [0.25, 0.3) is 11.8 Å². The lowest BCUT2D eigenvalue weighted by molar-refractivity contribution is -0.148. The Bertz CT molecular complexity index is 1430. The molecule has 1 fully saturated rings.